The molecule has 1 N–H and O–H groups in total. The smallest absolute Gasteiger partial charge is 0.231 e. The van der Waals surface area contributed by atoms with Crippen LogP contribution in [-0.4, -0.2) is 24.6 Å². The van der Waals surface area contributed by atoms with Crippen LogP contribution in [0.2, 0.25) is 0 Å². The Morgan fingerprint density at radius 2 is 2.11 bits per heavy atom. The third-order valence-electron chi connectivity index (χ3n) is 2.85. The van der Waals surface area contributed by atoms with Gasteiger partial charge in [0, 0.05) is 18.4 Å². The van der Waals surface area contributed by atoms with Gasteiger partial charge in [-0.3, -0.25) is 14.4 Å². The van der Waals surface area contributed by atoms with Crippen LogP contribution < -0.4 is 10.2 Å². The minimum Gasteiger partial charge on any atom is -0.326 e. The number of nitrogens with zero attached hydrogens (tertiary/aromatic N) is 1. The van der Waals surface area contributed by atoms with E-state index in [1.54, 1.807) is 30.1 Å². The van der Waals surface area contributed by atoms with Crippen molar-refractivity contribution in [3.8, 4) is 0 Å². The number of carbonyl (C=O) groups excluding carboxylic acids is 3. The maximum Gasteiger partial charge on any atom is 0.231 e. The van der Waals surface area contributed by atoms with Crippen LogP contribution >= 0.6 is 0 Å². The topological polar surface area (TPSA) is 66.5 Å². The third-order valence-corrected chi connectivity index (χ3v) is 2.85. The summed E-state index contributed by atoms with van der Waals surface area (Å²) in [5.74, 6) is -0.471. The first-order valence-electron chi connectivity index (χ1n) is 5.66. The van der Waals surface area contributed by atoms with Gasteiger partial charge in [0.15, 0.2) is 0 Å². The zero-order valence-corrected chi connectivity index (χ0v) is 10.3. The molecule has 5 heteroatoms. The fourth-order valence-corrected chi connectivity index (χ4v) is 1.98. The molecule has 0 spiro atoms. The molecule has 1 aliphatic rings. The minimum absolute atomic E-state index is 0.0391. The molecule has 2 rings (SSSR count). The highest BCUT2D eigenvalue weighted by atomic mass is 16.2. The van der Waals surface area contributed by atoms with Gasteiger partial charge in [0.05, 0.1) is 12.8 Å². The summed E-state index contributed by atoms with van der Waals surface area (Å²) in [4.78, 5) is 35.3. The molecule has 0 aromatic heterocycles. The Morgan fingerprint density at radius 3 is 2.78 bits per heavy atom. The first kappa shape index (κ1) is 12.3. The van der Waals surface area contributed by atoms with Crippen LogP contribution in [0.4, 0.5) is 11.4 Å². The van der Waals surface area contributed by atoms with E-state index in [1.807, 2.05) is 0 Å². The quantitative estimate of drug-likeness (QED) is 0.813. The Kier molecular flexibility index (Phi) is 3.14. The van der Waals surface area contributed by atoms with Crippen LogP contribution in [0.5, 0.6) is 0 Å². The fraction of sp³-hybridized carbons (Fsp3) is 0.308. The van der Waals surface area contributed by atoms with Gasteiger partial charge in [-0.2, -0.15) is 0 Å². The van der Waals surface area contributed by atoms with Gasteiger partial charge >= 0.3 is 0 Å². The van der Waals surface area contributed by atoms with E-state index in [-0.39, 0.29) is 24.0 Å². The molecule has 0 saturated carbocycles. The average Bonchev–Trinajstić information content (AvgIpc) is 2.53. The third kappa shape index (κ3) is 2.40. The Bertz CT molecular complexity index is 537. The summed E-state index contributed by atoms with van der Waals surface area (Å²) in [6, 6.07) is 5.30. The summed E-state index contributed by atoms with van der Waals surface area (Å²) in [6.45, 7) is 1.37. The van der Waals surface area contributed by atoms with Gasteiger partial charge < -0.3 is 10.2 Å². The van der Waals surface area contributed by atoms with Crippen molar-refractivity contribution in [3.05, 3.63) is 23.8 Å². The Morgan fingerprint density at radius 1 is 1.39 bits per heavy atom. The standard InChI is InChI=1S/C13H14N2O3/c1-8(16)5-12(17)14-10-3-4-11-9(6-10)7-13(18)15(11)2/h3-4,6H,5,7H2,1-2H3,(H,14,17). The van der Waals surface area contributed by atoms with E-state index in [0.29, 0.717) is 12.1 Å². The molecule has 0 saturated heterocycles. The molecule has 0 bridgehead atoms. The zero-order chi connectivity index (χ0) is 13.3. The Balaban J connectivity index is 2.14. The van der Waals surface area contributed by atoms with Gasteiger partial charge in [-0.05, 0) is 30.7 Å². The van der Waals surface area contributed by atoms with Crippen molar-refractivity contribution in [1.82, 2.24) is 0 Å². The van der Waals surface area contributed by atoms with Crippen molar-refractivity contribution < 1.29 is 14.4 Å². The number of benzene rings is 1. The summed E-state index contributed by atoms with van der Waals surface area (Å²) >= 11 is 0. The van der Waals surface area contributed by atoms with Crippen molar-refractivity contribution in [2.24, 2.45) is 0 Å². The zero-order valence-electron chi connectivity index (χ0n) is 10.3. The van der Waals surface area contributed by atoms with Crippen molar-refractivity contribution in [2.45, 2.75) is 19.8 Å². The van der Waals surface area contributed by atoms with Gasteiger partial charge in [0.2, 0.25) is 11.8 Å². The maximum atomic E-state index is 11.5. The van der Waals surface area contributed by atoms with Crippen LogP contribution in [0.1, 0.15) is 18.9 Å². The maximum absolute atomic E-state index is 11.5. The molecular weight excluding hydrogens is 232 g/mol. The average molecular weight is 246 g/mol. The minimum atomic E-state index is -0.333. The van der Waals surface area contributed by atoms with E-state index >= 15 is 0 Å². The largest absolute Gasteiger partial charge is 0.326 e. The first-order valence-corrected chi connectivity index (χ1v) is 5.66. The van der Waals surface area contributed by atoms with Gasteiger partial charge in [-0.25, -0.2) is 0 Å². The lowest BCUT2D eigenvalue weighted by atomic mass is 10.1. The van der Waals surface area contributed by atoms with Crippen molar-refractivity contribution in [1.29, 1.82) is 0 Å². The number of ketones is 1. The number of fused-ring (bicyclic) bond motifs is 1. The molecular formula is C13H14N2O3. The first-order chi connectivity index (χ1) is 8.47. The Hall–Kier alpha value is -2.17. The van der Waals surface area contributed by atoms with Crippen LogP contribution in [-0.2, 0) is 20.8 Å². The monoisotopic (exact) mass is 246 g/mol. The number of amides is 2. The summed E-state index contributed by atoms with van der Waals surface area (Å²) in [7, 11) is 1.72. The summed E-state index contributed by atoms with van der Waals surface area (Å²) in [5, 5.41) is 2.64. The number of Topliss-reactive ketones (excluding diaryl/α,β-unsaturated/α-hetero) is 1. The lowest BCUT2D eigenvalue weighted by molar-refractivity contribution is -0.124. The van der Waals surface area contributed by atoms with E-state index in [4.69, 9.17) is 0 Å². The molecule has 1 aliphatic heterocycles. The summed E-state index contributed by atoms with van der Waals surface area (Å²) < 4.78 is 0. The van der Waals surface area contributed by atoms with Crippen LogP contribution in [0.3, 0.4) is 0 Å². The van der Waals surface area contributed by atoms with E-state index in [9.17, 15) is 14.4 Å². The molecule has 18 heavy (non-hydrogen) atoms. The predicted octanol–water partition coefficient (Wildman–Crippen LogP) is 1.12. The molecule has 1 aromatic rings. The predicted molar refractivity (Wildman–Crippen MR) is 67.5 cm³/mol. The number of carbonyl (C=O) groups is 3. The molecule has 2 amide bonds. The van der Waals surface area contributed by atoms with Crippen molar-refractivity contribution in [2.75, 3.05) is 17.3 Å². The van der Waals surface area contributed by atoms with Gasteiger partial charge in [0.1, 0.15) is 5.78 Å². The summed E-state index contributed by atoms with van der Waals surface area (Å²) in [6.07, 6.45) is 0.220. The lowest BCUT2D eigenvalue weighted by Crippen LogP contribution is -2.20. The van der Waals surface area contributed by atoms with Crippen LogP contribution in [0, 0.1) is 0 Å². The summed E-state index contributed by atoms with van der Waals surface area (Å²) in [5.41, 5.74) is 2.37. The van der Waals surface area contributed by atoms with E-state index in [0.717, 1.165) is 11.3 Å². The molecule has 0 aliphatic carbocycles. The van der Waals surface area contributed by atoms with Gasteiger partial charge in [-0.15, -0.1) is 0 Å². The van der Waals surface area contributed by atoms with Crippen molar-refractivity contribution in [3.63, 3.8) is 0 Å². The highest BCUT2D eigenvalue weighted by Crippen LogP contribution is 2.29. The van der Waals surface area contributed by atoms with Gasteiger partial charge in [-0.1, -0.05) is 0 Å². The highest BCUT2D eigenvalue weighted by molar-refractivity contribution is 6.05. The Labute approximate surface area is 105 Å². The number of rotatable bonds is 3. The molecule has 0 atom stereocenters. The normalized spacial score (nSPS) is 13.4. The fourth-order valence-electron chi connectivity index (χ4n) is 1.98. The number of hydrogen-bond acceptors (Lipinski definition) is 3. The van der Waals surface area contributed by atoms with Crippen LogP contribution in [0.15, 0.2) is 18.2 Å². The van der Waals surface area contributed by atoms with Gasteiger partial charge in [0.25, 0.3) is 0 Å². The molecule has 0 unspecified atom stereocenters. The number of likely N-dealkylation sites (N-methyl/N-ethyl adjacent to an activating group) is 1. The highest BCUT2D eigenvalue weighted by Gasteiger charge is 2.23. The molecule has 0 fully saturated rings. The number of anilines is 2. The van der Waals surface area contributed by atoms with Crippen molar-refractivity contribution >= 4 is 29.0 Å². The SMILES string of the molecule is CC(=O)CC(=O)Nc1ccc2c(c1)CC(=O)N2C. The van der Waals surface area contributed by atoms with Crippen LogP contribution in [0.25, 0.3) is 0 Å². The lowest BCUT2D eigenvalue weighted by Gasteiger charge is -2.10. The number of hydrogen-bond donors (Lipinski definition) is 1. The molecule has 94 valence electrons. The van der Waals surface area contributed by atoms with E-state index in [1.165, 1.54) is 6.92 Å². The second kappa shape index (κ2) is 4.60. The second-order valence-electron chi connectivity index (χ2n) is 4.40. The van der Waals surface area contributed by atoms with E-state index in [2.05, 4.69) is 5.32 Å². The van der Waals surface area contributed by atoms with E-state index < -0.39 is 0 Å². The number of nitrogens with one attached hydrogen (secondary N) is 1. The molecule has 1 heterocycles. The second-order valence-corrected chi connectivity index (χ2v) is 4.40. The molecule has 0 radical (unpaired) electrons. The molecule has 1 aromatic carbocycles. The molecule has 5 nitrogen and oxygen atoms in total.